The minimum Gasteiger partial charge on any atom is -0.240 e. The van der Waals surface area contributed by atoms with Crippen molar-refractivity contribution in [3.05, 3.63) is 0 Å². The van der Waals surface area contributed by atoms with E-state index in [1.807, 2.05) is 0 Å². The molecular formula is C17H36N+. The summed E-state index contributed by atoms with van der Waals surface area (Å²) in [5.41, 5.74) is 0. The molecule has 0 aliphatic heterocycles. The molecule has 0 amide bonds. The smallest absolute Gasteiger partial charge is 0.142 e. The fourth-order valence-electron chi connectivity index (χ4n) is 2.37. The lowest BCUT2D eigenvalue weighted by molar-refractivity contribution is -0.525. The molecule has 108 valence electrons. The van der Waals surface area contributed by atoms with Gasteiger partial charge in [-0.2, -0.15) is 0 Å². The summed E-state index contributed by atoms with van der Waals surface area (Å²) in [6.07, 6.45) is 14.7. The van der Waals surface area contributed by atoms with Crippen LogP contribution in [0.2, 0.25) is 0 Å². The molecule has 0 fully saturated rings. The van der Waals surface area contributed by atoms with E-state index in [1.165, 1.54) is 70.9 Å². The highest BCUT2D eigenvalue weighted by Crippen LogP contribution is 2.11. The highest BCUT2D eigenvalue weighted by Gasteiger charge is 2.07. The van der Waals surface area contributed by atoms with Gasteiger partial charge in [0.2, 0.25) is 0 Å². The predicted molar refractivity (Wildman–Crippen MR) is 83.8 cm³/mol. The summed E-state index contributed by atoms with van der Waals surface area (Å²) < 4.78 is 2.52. The van der Waals surface area contributed by atoms with Crippen LogP contribution in [-0.4, -0.2) is 23.9 Å². The fourth-order valence-corrected chi connectivity index (χ4v) is 2.37. The van der Waals surface area contributed by atoms with Crippen LogP contribution in [0.25, 0.3) is 0 Å². The van der Waals surface area contributed by atoms with Gasteiger partial charge >= 0.3 is 0 Å². The molecule has 0 heterocycles. The molecule has 1 atom stereocenters. The molecule has 0 aromatic carbocycles. The van der Waals surface area contributed by atoms with Gasteiger partial charge in [-0.1, -0.05) is 59.3 Å². The van der Waals surface area contributed by atoms with Crippen molar-refractivity contribution in [1.29, 1.82) is 0 Å². The van der Waals surface area contributed by atoms with Gasteiger partial charge in [0.15, 0.2) is 0 Å². The van der Waals surface area contributed by atoms with Gasteiger partial charge in [0, 0.05) is 19.8 Å². The first-order chi connectivity index (χ1) is 8.74. The van der Waals surface area contributed by atoms with Gasteiger partial charge in [-0.3, -0.25) is 0 Å². The van der Waals surface area contributed by atoms with Crippen molar-refractivity contribution < 1.29 is 4.58 Å². The van der Waals surface area contributed by atoms with E-state index in [2.05, 4.69) is 38.5 Å². The zero-order valence-electron chi connectivity index (χ0n) is 13.4. The van der Waals surface area contributed by atoms with E-state index in [0.29, 0.717) is 0 Å². The van der Waals surface area contributed by atoms with Gasteiger partial charge < -0.3 is 0 Å². The number of hydrogen-bond acceptors (Lipinski definition) is 0. The summed E-state index contributed by atoms with van der Waals surface area (Å²) in [6, 6.07) is 0. The molecule has 0 rings (SSSR count). The van der Waals surface area contributed by atoms with Crippen LogP contribution in [0, 0.1) is 5.92 Å². The quantitative estimate of drug-likeness (QED) is 0.253. The van der Waals surface area contributed by atoms with E-state index in [9.17, 15) is 0 Å². The lowest BCUT2D eigenvalue weighted by atomic mass is 10.0. The summed E-state index contributed by atoms with van der Waals surface area (Å²) in [5.74, 6) is 0.896. The molecule has 0 N–H and O–H groups in total. The van der Waals surface area contributed by atoms with Crippen molar-refractivity contribution in [3.63, 3.8) is 0 Å². The summed E-state index contributed by atoms with van der Waals surface area (Å²) in [5, 5.41) is 0. The zero-order valence-corrected chi connectivity index (χ0v) is 13.4. The first kappa shape index (κ1) is 17.7. The van der Waals surface area contributed by atoms with Crippen LogP contribution in [0.15, 0.2) is 0 Å². The molecule has 18 heavy (non-hydrogen) atoms. The van der Waals surface area contributed by atoms with Crippen molar-refractivity contribution >= 4 is 6.21 Å². The SMILES string of the molecule is CC=[N+](CCCCCCC)CCC(C)CCCC. The Morgan fingerprint density at radius 1 is 0.833 bits per heavy atom. The van der Waals surface area contributed by atoms with E-state index in [-0.39, 0.29) is 0 Å². The van der Waals surface area contributed by atoms with Gasteiger partial charge in [-0.15, -0.1) is 0 Å². The predicted octanol–water partition coefficient (Wildman–Crippen LogP) is 5.28. The van der Waals surface area contributed by atoms with Crippen molar-refractivity contribution in [1.82, 2.24) is 0 Å². The molecule has 0 saturated heterocycles. The molecular weight excluding hydrogens is 218 g/mol. The van der Waals surface area contributed by atoms with Crippen LogP contribution in [0.5, 0.6) is 0 Å². The number of hydrogen-bond donors (Lipinski definition) is 0. The van der Waals surface area contributed by atoms with Crippen molar-refractivity contribution in [2.75, 3.05) is 13.1 Å². The molecule has 1 nitrogen and oxygen atoms in total. The van der Waals surface area contributed by atoms with E-state index in [0.717, 1.165) is 5.92 Å². The molecule has 0 radical (unpaired) electrons. The molecule has 0 aromatic rings. The van der Waals surface area contributed by atoms with Crippen LogP contribution in [0.4, 0.5) is 0 Å². The average molecular weight is 254 g/mol. The number of rotatable bonds is 12. The van der Waals surface area contributed by atoms with Crippen molar-refractivity contribution in [3.8, 4) is 0 Å². The third-order valence-electron chi connectivity index (χ3n) is 3.87. The molecule has 1 unspecified atom stereocenters. The minimum absolute atomic E-state index is 0.896. The van der Waals surface area contributed by atoms with E-state index < -0.39 is 0 Å². The monoisotopic (exact) mass is 254 g/mol. The first-order valence-corrected chi connectivity index (χ1v) is 8.28. The van der Waals surface area contributed by atoms with Crippen LogP contribution in [0.3, 0.4) is 0 Å². The average Bonchev–Trinajstić information content (AvgIpc) is 2.39. The van der Waals surface area contributed by atoms with Crippen LogP contribution < -0.4 is 0 Å². The zero-order chi connectivity index (χ0) is 13.6. The van der Waals surface area contributed by atoms with E-state index in [4.69, 9.17) is 0 Å². The Morgan fingerprint density at radius 3 is 2.11 bits per heavy atom. The van der Waals surface area contributed by atoms with Gasteiger partial charge in [0.05, 0.1) is 0 Å². The van der Waals surface area contributed by atoms with Gasteiger partial charge in [0.1, 0.15) is 19.3 Å². The first-order valence-electron chi connectivity index (χ1n) is 8.28. The van der Waals surface area contributed by atoms with Crippen LogP contribution >= 0.6 is 0 Å². The minimum atomic E-state index is 0.896. The Morgan fingerprint density at radius 2 is 1.50 bits per heavy atom. The second-order valence-corrected chi connectivity index (χ2v) is 5.74. The highest BCUT2D eigenvalue weighted by atomic mass is 15.0. The summed E-state index contributed by atoms with van der Waals surface area (Å²) in [4.78, 5) is 0. The maximum atomic E-state index is 2.52. The maximum Gasteiger partial charge on any atom is 0.142 e. The molecule has 1 heteroatoms. The van der Waals surface area contributed by atoms with Gasteiger partial charge in [0.25, 0.3) is 0 Å². The summed E-state index contributed by atoms with van der Waals surface area (Å²) in [6.45, 7) is 11.7. The molecule has 0 aliphatic rings. The Hall–Kier alpha value is -0.330. The Bertz CT molecular complexity index is 196. The Labute approximate surface area is 116 Å². The standard InChI is InChI=1S/C17H36N/c1-5-8-10-11-12-15-18(7-3)16-14-17(4)13-9-6-2/h7,17H,5-6,8-16H2,1-4H3/q+1. The van der Waals surface area contributed by atoms with E-state index >= 15 is 0 Å². The van der Waals surface area contributed by atoms with Gasteiger partial charge in [-0.25, -0.2) is 4.58 Å². The molecule has 0 aliphatic carbocycles. The Balaban J connectivity index is 3.58. The summed E-state index contributed by atoms with van der Waals surface area (Å²) >= 11 is 0. The van der Waals surface area contributed by atoms with Crippen LogP contribution in [-0.2, 0) is 0 Å². The summed E-state index contributed by atoms with van der Waals surface area (Å²) in [7, 11) is 0. The lowest BCUT2D eigenvalue weighted by Gasteiger charge is -2.10. The number of unbranched alkanes of at least 4 members (excludes halogenated alkanes) is 5. The molecule has 0 aromatic heterocycles. The van der Waals surface area contributed by atoms with Crippen molar-refractivity contribution in [2.45, 2.75) is 85.5 Å². The molecule has 0 saturated carbocycles. The van der Waals surface area contributed by atoms with Crippen LogP contribution in [0.1, 0.15) is 85.5 Å². The lowest BCUT2D eigenvalue weighted by Crippen LogP contribution is -2.17. The fraction of sp³-hybridized carbons (Fsp3) is 0.941. The number of nitrogens with zero attached hydrogens (tertiary/aromatic N) is 1. The normalized spacial score (nSPS) is 13.9. The maximum absolute atomic E-state index is 2.52. The topological polar surface area (TPSA) is 3.01 Å². The van der Waals surface area contributed by atoms with E-state index in [1.54, 1.807) is 0 Å². The third kappa shape index (κ3) is 10.8. The second-order valence-electron chi connectivity index (χ2n) is 5.74. The second kappa shape index (κ2) is 13.1. The Kier molecular flexibility index (Phi) is 12.9. The largest absolute Gasteiger partial charge is 0.240 e. The van der Waals surface area contributed by atoms with Crippen molar-refractivity contribution in [2.24, 2.45) is 5.92 Å². The van der Waals surface area contributed by atoms with Gasteiger partial charge in [-0.05, 0) is 12.3 Å². The molecule has 0 bridgehead atoms. The highest BCUT2D eigenvalue weighted by molar-refractivity contribution is 5.46. The third-order valence-corrected chi connectivity index (χ3v) is 3.87. The molecule has 0 spiro atoms.